The van der Waals surface area contributed by atoms with Crippen LogP contribution in [0.2, 0.25) is 0 Å². The number of hydrogen-bond donors (Lipinski definition) is 1. The molecule has 2 rings (SSSR count). The second-order valence-electron chi connectivity index (χ2n) is 4.97. The molecular formula is C17H22N2O2. The van der Waals surface area contributed by atoms with E-state index in [1.54, 1.807) is 12.1 Å². The largest absolute Gasteiger partial charge is 0.459 e. The molecule has 0 radical (unpaired) electrons. The molecular weight excluding hydrogens is 264 g/mol. The fourth-order valence-electron chi connectivity index (χ4n) is 2.27. The van der Waals surface area contributed by atoms with Crippen LogP contribution in [0.4, 0.5) is 11.4 Å². The highest BCUT2D eigenvalue weighted by atomic mass is 16.3. The van der Waals surface area contributed by atoms with Crippen LogP contribution in [0.15, 0.2) is 47.1 Å². The summed E-state index contributed by atoms with van der Waals surface area (Å²) >= 11 is 0. The summed E-state index contributed by atoms with van der Waals surface area (Å²) in [5, 5.41) is 2.82. The summed E-state index contributed by atoms with van der Waals surface area (Å²) in [6.45, 7) is 6.46. The van der Waals surface area contributed by atoms with Gasteiger partial charge in [-0.15, -0.1) is 0 Å². The average Bonchev–Trinajstić information content (AvgIpc) is 3.02. The average molecular weight is 286 g/mol. The molecule has 112 valence electrons. The maximum Gasteiger partial charge on any atom is 0.291 e. The molecule has 1 aromatic heterocycles. The van der Waals surface area contributed by atoms with Crippen LogP contribution in [0.3, 0.4) is 0 Å². The van der Waals surface area contributed by atoms with Gasteiger partial charge in [-0.2, -0.15) is 0 Å². The number of amides is 1. The van der Waals surface area contributed by atoms with Crippen LogP contribution in [0.25, 0.3) is 0 Å². The maximum atomic E-state index is 11.9. The van der Waals surface area contributed by atoms with E-state index in [0.717, 1.165) is 31.6 Å². The lowest BCUT2D eigenvalue weighted by atomic mass is 10.2. The second kappa shape index (κ2) is 7.53. The Hall–Kier alpha value is -2.23. The molecule has 0 saturated heterocycles. The van der Waals surface area contributed by atoms with Gasteiger partial charge in [-0.25, -0.2) is 0 Å². The van der Waals surface area contributed by atoms with E-state index in [2.05, 4.69) is 24.1 Å². The number of benzene rings is 1. The van der Waals surface area contributed by atoms with Gasteiger partial charge in [0, 0.05) is 24.5 Å². The van der Waals surface area contributed by atoms with Crippen molar-refractivity contribution in [3.63, 3.8) is 0 Å². The van der Waals surface area contributed by atoms with Crippen molar-refractivity contribution in [1.82, 2.24) is 0 Å². The minimum Gasteiger partial charge on any atom is -0.459 e. The molecule has 4 nitrogen and oxygen atoms in total. The Morgan fingerprint density at radius 2 is 1.76 bits per heavy atom. The molecule has 0 atom stereocenters. The zero-order valence-electron chi connectivity index (χ0n) is 12.6. The number of anilines is 2. The highest BCUT2D eigenvalue weighted by Crippen LogP contribution is 2.19. The molecule has 0 unspecified atom stereocenters. The van der Waals surface area contributed by atoms with E-state index < -0.39 is 0 Å². The van der Waals surface area contributed by atoms with Gasteiger partial charge in [0.2, 0.25) is 0 Å². The van der Waals surface area contributed by atoms with Crippen molar-refractivity contribution in [3.05, 3.63) is 48.4 Å². The van der Waals surface area contributed by atoms with Gasteiger partial charge in [0.15, 0.2) is 5.76 Å². The van der Waals surface area contributed by atoms with Crippen molar-refractivity contribution >= 4 is 17.3 Å². The van der Waals surface area contributed by atoms with Gasteiger partial charge in [0.05, 0.1) is 6.26 Å². The molecule has 0 aliphatic rings. The zero-order chi connectivity index (χ0) is 15.1. The van der Waals surface area contributed by atoms with Crippen molar-refractivity contribution in [2.24, 2.45) is 0 Å². The van der Waals surface area contributed by atoms with Crippen LogP contribution in [-0.2, 0) is 0 Å². The molecule has 0 fully saturated rings. The van der Waals surface area contributed by atoms with Crippen LogP contribution in [0.5, 0.6) is 0 Å². The predicted octanol–water partition coefficient (Wildman–Crippen LogP) is 4.16. The first-order chi connectivity index (χ1) is 10.2. The van der Waals surface area contributed by atoms with E-state index in [9.17, 15) is 4.79 Å². The van der Waals surface area contributed by atoms with E-state index in [-0.39, 0.29) is 5.91 Å². The van der Waals surface area contributed by atoms with Crippen LogP contribution in [0, 0.1) is 0 Å². The summed E-state index contributed by atoms with van der Waals surface area (Å²) in [6, 6.07) is 11.3. The third kappa shape index (κ3) is 4.12. The lowest BCUT2D eigenvalue weighted by Gasteiger charge is -2.23. The first-order valence-corrected chi connectivity index (χ1v) is 7.44. The van der Waals surface area contributed by atoms with Gasteiger partial charge in [0.25, 0.3) is 5.91 Å². The monoisotopic (exact) mass is 286 g/mol. The maximum absolute atomic E-state index is 11.9. The van der Waals surface area contributed by atoms with E-state index in [0.29, 0.717) is 5.76 Å². The van der Waals surface area contributed by atoms with E-state index in [4.69, 9.17) is 4.42 Å². The second-order valence-corrected chi connectivity index (χ2v) is 4.97. The van der Waals surface area contributed by atoms with Gasteiger partial charge in [-0.3, -0.25) is 4.79 Å². The molecule has 21 heavy (non-hydrogen) atoms. The first-order valence-electron chi connectivity index (χ1n) is 7.44. The summed E-state index contributed by atoms with van der Waals surface area (Å²) in [5.74, 6) is 0.0874. The minimum absolute atomic E-state index is 0.230. The molecule has 1 amide bonds. The molecule has 0 bridgehead atoms. The Morgan fingerprint density at radius 1 is 1.10 bits per heavy atom. The van der Waals surface area contributed by atoms with Gasteiger partial charge < -0.3 is 14.6 Å². The van der Waals surface area contributed by atoms with E-state index in [1.807, 2.05) is 24.3 Å². The quantitative estimate of drug-likeness (QED) is 0.831. The Morgan fingerprint density at radius 3 is 2.29 bits per heavy atom. The van der Waals surface area contributed by atoms with Gasteiger partial charge in [-0.1, -0.05) is 13.8 Å². The van der Waals surface area contributed by atoms with Crippen molar-refractivity contribution in [2.45, 2.75) is 26.7 Å². The Balaban J connectivity index is 2.02. The number of rotatable bonds is 7. The highest BCUT2D eigenvalue weighted by molar-refractivity contribution is 6.02. The number of nitrogens with zero attached hydrogens (tertiary/aromatic N) is 1. The number of carbonyl (C=O) groups excluding carboxylic acids is 1. The number of hydrogen-bond acceptors (Lipinski definition) is 3. The molecule has 0 aliphatic carbocycles. The van der Waals surface area contributed by atoms with Gasteiger partial charge in [-0.05, 0) is 49.2 Å². The fourth-order valence-corrected chi connectivity index (χ4v) is 2.27. The summed E-state index contributed by atoms with van der Waals surface area (Å²) in [5.41, 5.74) is 1.96. The molecule has 1 heterocycles. The van der Waals surface area contributed by atoms with Crippen molar-refractivity contribution in [2.75, 3.05) is 23.3 Å². The van der Waals surface area contributed by atoms with Gasteiger partial charge in [0.1, 0.15) is 0 Å². The van der Waals surface area contributed by atoms with E-state index in [1.165, 1.54) is 12.0 Å². The SMILES string of the molecule is CCCN(CCC)c1ccc(NC(=O)c2ccco2)cc1. The van der Waals surface area contributed by atoms with Gasteiger partial charge >= 0.3 is 0 Å². The summed E-state index contributed by atoms with van der Waals surface area (Å²) < 4.78 is 5.07. The number of carbonyl (C=O) groups is 1. The number of furan rings is 1. The molecule has 0 saturated carbocycles. The Kier molecular flexibility index (Phi) is 5.43. The first kappa shape index (κ1) is 15.2. The lowest BCUT2D eigenvalue weighted by molar-refractivity contribution is 0.0996. The molecule has 0 aliphatic heterocycles. The van der Waals surface area contributed by atoms with E-state index >= 15 is 0 Å². The summed E-state index contributed by atoms with van der Waals surface area (Å²) in [7, 11) is 0. The molecule has 1 N–H and O–H groups in total. The highest BCUT2D eigenvalue weighted by Gasteiger charge is 2.09. The topological polar surface area (TPSA) is 45.5 Å². The molecule has 0 spiro atoms. The predicted molar refractivity (Wildman–Crippen MR) is 85.9 cm³/mol. The normalized spacial score (nSPS) is 10.4. The van der Waals surface area contributed by atoms with Crippen LogP contribution in [-0.4, -0.2) is 19.0 Å². The summed E-state index contributed by atoms with van der Waals surface area (Å²) in [6.07, 6.45) is 3.74. The lowest BCUT2D eigenvalue weighted by Crippen LogP contribution is -2.24. The van der Waals surface area contributed by atoms with Crippen molar-refractivity contribution < 1.29 is 9.21 Å². The third-order valence-corrected chi connectivity index (χ3v) is 3.22. The molecule has 2 aromatic rings. The van der Waals surface area contributed by atoms with Crippen LogP contribution in [0.1, 0.15) is 37.2 Å². The van der Waals surface area contributed by atoms with Crippen LogP contribution < -0.4 is 10.2 Å². The third-order valence-electron chi connectivity index (χ3n) is 3.22. The Bertz CT molecular complexity index is 541. The van der Waals surface area contributed by atoms with Crippen molar-refractivity contribution in [3.8, 4) is 0 Å². The zero-order valence-corrected chi connectivity index (χ0v) is 12.6. The van der Waals surface area contributed by atoms with Crippen molar-refractivity contribution in [1.29, 1.82) is 0 Å². The smallest absolute Gasteiger partial charge is 0.291 e. The van der Waals surface area contributed by atoms with Crippen LogP contribution >= 0.6 is 0 Å². The molecule has 4 heteroatoms. The summed E-state index contributed by atoms with van der Waals surface area (Å²) in [4.78, 5) is 14.2. The standard InChI is InChI=1S/C17H22N2O2/c1-3-11-19(12-4-2)15-9-7-14(8-10-15)18-17(20)16-6-5-13-21-16/h5-10,13H,3-4,11-12H2,1-2H3,(H,18,20). The number of nitrogens with one attached hydrogen (secondary N) is 1. The molecule has 1 aromatic carbocycles. The fraction of sp³-hybridized carbons (Fsp3) is 0.353. The Labute approximate surface area is 125 Å². The minimum atomic E-state index is -0.230.